The van der Waals surface area contributed by atoms with Gasteiger partial charge in [-0.15, -0.1) is 6.58 Å². The summed E-state index contributed by atoms with van der Waals surface area (Å²) in [5, 5.41) is 7.40. The number of hydrogen-bond donors (Lipinski definition) is 1. The molecule has 1 aliphatic carbocycles. The summed E-state index contributed by atoms with van der Waals surface area (Å²) in [6.45, 7) is 7.08. The Labute approximate surface area is 95.6 Å². The van der Waals surface area contributed by atoms with Gasteiger partial charge in [-0.05, 0) is 24.9 Å². The largest absolute Gasteiger partial charge is 0.476 e. The third-order valence-corrected chi connectivity index (χ3v) is 2.80. The molecular formula is C12H18N2O2. The molecule has 1 heterocycles. The van der Waals surface area contributed by atoms with E-state index in [1.807, 2.05) is 13.0 Å². The van der Waals surface area contributed by atoms with E-state index in [2.05, 4.69) is 17.1 Å². The topological polar surface area (TPSA) is 47.3 Å². The van der Waals surface area contributed by atoms with Gasteiger partial charge in [-0.3, -0.25) is 0 Å². The maximum absolute atomic E-state index is 5.48. The summed E-state index contributed by atoms with van der Waals surface area (Å²) in [6, 6.07) is 0.287. The van der Waals surface area contributed by atoms with Crippen molar-refractivity contribution in [2.24, 2.45) is 0 Å². The van der Waals surface area contributed by atoms with Crippen molar-refractivity contribution < 1.29 is 9.26 Å². The first kappa shape index (κ1) is 11.2. The molecule has 0 aliphatic heterocycles. The van der Waals surface area contributed by atoms with Gasteiger partial charge in [0.05, 0.1) is 12.2 Å². The van der Waals surface area contributed by atoms with Crippen LogP contribution in [0.25, 0.3) is 0 Å². The van der Waals surface area contributed by atoms with Gasteiger partial charge in [0.25, 0.3) is 5.88 Å². The zero-order valence-corrected chi connectivity index (χ0v) is 9.66. The zero-order chi connectivity index (χ0) is 11.4. The molecule has 0 spiro atoms. The molecule has 4 heteroatoms. The number of aryl methyl sites for hydroxylation is 1. The van der Waals surface area contributed by atoms with Crippen LogP contribution < -0.4 is 10.1 Å². The summed E-state index contributed by atoms with van der Waals surface area (Å²) in [5.74, 6) is 1.62. The number of nitrogens with one attached hydrogen (secondary N) is 1. The van der Waals surface area contributed by atoms with Gasteiger partial charge in [0.15, 0.2) is 0 Å². The lowest BCUT2D eigenvalue weighted by molar-refractivity contribution is 0.289. The van der Waals surface area contributed by atoms with Gasteiger partial charge >= 0.3 is 0 Å². The maximum atomic E-state index is 5.48. The second-order valence-electron chi connectivity index (χ2n) is 3.90. The summed E-state index contributed by atoms with van der Waals surface area (Å²) >= 11 is 0. The molecule has 1 atom stereocenters. The number of aromatic nitrogens is 1. The molecule has 4 nitrogen and oxygen atoms in total. The number of fused-ring (bicyclic) bond motifs is 1. The van der Waals surface area contributed by atoms with Crippen molar-refractivity contribution in [3.63, 3.8) is 0 Å². The van der Waals surface area contributed by atoms with Gasteiger partial charge in [0, 0.05) is 19.0 Å². The van der Waals surface area contributed by atoms with Gasteiger partial charge in [-0.2, -0.15) is 0 Å². The third kappa shape index (κ3) is 2.11. The summed E-state index contributed by atoms with van der Waals surface area (Å²) in [4.78, 5) is 0. The minimum atomic E-state index is 0.287. The smallest absolute Gasteiger partial charge is 0.259 e. The van der Waals surface area contributed by atoms with E-state index in [1.165, 1.54) is 0 Å². The highest BCUT2D eigenvalue weighted by atomic mass is 16.5. The van der Waals surface area contributed by atoms with Crippen LogP contribution in [0.2, 0.25) is 0 Å². The number of ether oxygens (including phenoxy) is 1. The van der Waals surface area contributed by atoms with Crippen LogP contribution in [0.4, 0.5) is 0 Å². The predicted molar refractivity (Wildman–Crippen MR) is 61.6 cm³/mol. The van der Waals surface area contributed by atoms with Gasteiger partial charge in [0.2, 0.25) is 0 Å². The molecule has 16 heavy (non-hydrogen) atoms. The summed E-state index contributed by atoms with van der Waals surface area (Å²) < 4.78 is 10.8. The van der Waals surface area contributed by atoms with E-state index in [4.69, 9.17) is 9.26 Å². The van der Waals surface area contributed by atoms with Crippen molar-refractivity contribution in [2.75, 3.05) is 13.2 Å². The fourth-order valence-electron chi connectivity index (χ4n) is 2.12. The van der Waals surface area contributed by atoms with Crippen molar-refractivity contribution in [3.8, 4) is 5.88 Å². The number of hydrogen-bond acceptors (Lipinski definition) is 4. The lowest BCUT2D eigenvalue weighted by Crippen LogP contribution is -2.25. The molecule has 0 saturated carbocycles. The second-order valence-corrected chi connectivity index (χ2v) is 3.90. The Hall–Kier alpha value is -1.29. The molecule has 1 aromatic rings. The Balaban J connectivity index is 2.20. The normalized spacial score (nSPS) is 19.2. The molecule has 1 N–H and O–H groups in total. The van der Waals surface area contributed by atoms with Crippen molar-refractivity contribution >= 4 is 0 Å². The minimum absolute atomic E-state index is 0.287. The first-order chi connectivity index (χ1) is 7.86. The average Bonchev–Trinajstić information content (AvgIpc) is 2.71. The fraction of sp³-hybridized carbons (Fsp3) is 0.583. The fourth-order valence-corrected chi connectivity index (χ4v) is 2.12. The van der Waals surface area contributed by atoms with E-state index < -0.39 is 0 Å². The van der Waals surface area contributed by atoms with Crippen molar-refractivity contribution in [2.45, 2.75) is 32.2 Å². The third-order valence-electron chi connectivity index (χ3n) is 2.80. The molecule has 1 unspecified atom stereocenters. The van der Waals surface area contributed by atoms with Gasteiger partial charge < -0.3 is 14.6 Å². The molecule has 0 bridgehead atoms. The number of rotatable bonds is 5. The SMILES string of the molecule is C=CCNC1CCCc2onc(OCC)c21. The first-order valence-electron chi connectivity index (χ1n) is 5.82. The highest BCUT2D eigenvalue weighted by molar-refractivity contribution is 5.33. The zero-order valence-electron chi connectivity index (χ0n) is 9.66. The van der Waals surface area contributed by atoms with Crippen LogP contribution >= 0.6 is 0 Å². The predicted octanol–water partition coefficient (Wildman–Crippen LogP) is 2.23. The molecule has 0 fully saturated rings. The molecule has 0 aromatic carbocycles. The van der Waals surface area contributed by atoms with Gasteiger partial charge in [-0.1, -0.05) is 6.08 Å². The first-order valence-corrected chi connectivity index (χ1v) is 5.82. The van der Waals surface area contributed by atoms with Crippen molar-refractivity contribution in [1.82, 2.24) is 10.5 Å². The molecule has 1 aliphatic rings. The molecular weight excluding hydrogens is 204 g/mol. The van der Waals surface area contributed by atoms with E-state index in [0.717, 1.165) is 37.1 Å². The Morgan fingerprint density at radius 1 is 1.69 bits per heavy atom. The second kappa shape index (κ2) is 5.16. The quantitative estimate of drug-likeness (QED) is 0.776. The monoisotopic (exact) mass is 222 g/mol. The molecule has 0 radical (unpaired) electrons. The highest BCUT2D eigenvalue weighted by Gasteiger charge is 2.28. The van der Waals surface area contributed by atoms with Gasteiger partial charge in [-0.25, -0.2) is 0 Å². The van der Waals surface area contributed by atoms with Crippen LogP contribution in [0.1, 0.15) is 37.1 Å². The van der Waals surface area contributed by atoms with Crippen LogP contribution in [0, 0.1) is 0 Å². The average molecular weight is 222 g/mol. The van der Waals surface area contributed by atoms with Crippen molar-refractivity contribution in [1.29, 1.82) is 0 Å². The van der Waals surface area contributed by atoms with Crippen LogP contribution in [0.5, 0.6) is 5.88 Å². The van der Waals surface area contributed by atoms with E-state index in [1.54, 1.807) is 0 Å². The summed E-state index contributed by atoms with van der Waals surface area (Å²) in [7, 11) is 0. The van der Waals surface area contributed by atoms with Gasteiger partial charge in [0.1, 0.15) is 5.76 Å². The van der Waals surface area contributed by atoms with Crippen LogP contribution in [-0.2, 0) is 6.42 Å². The standard InChI is InChI=1S/C12H18N2O2/c1-3-8-13-9-6-5-7-10-11(9)12(14-16-10)15-4-2/h3,9,13H,1,4-8H2,2H3. The van der Waals surface area contributed by atoms with Crippen molar-refractivity contribution in [3.05, 3.63) is 24.0 Å². The molecule has 88 valence electrons. The molecule has 1 aromatic heterocycles. The Kier molecular flexibility index (Phi) is 3.62. The van der Waals surface area contributed by atoms with E-state index >= 15 is 0 Å². The van der Waals surface area contributed by atoms with Crippen LogP contribution in [-0.4, -0.2) is 18.3 Å². The minimum Gasteiger partial charge on any atom is -0.476 e. The van der Waals surface area contributed by atoms with Crippen LogP contribution in [0.3, 0.4) is 0 Å². The summed E-state index contributed by atoms with van der Waals surface area (Å²) in [5.41, 5.74) is 1.11. The van der Waals surface area contributed by atoms with E-state index in [0.29, 0.717) is 12.5 Å². The Bertz CT molecular complexity index is 360. The molecule has 0 saturated heterocycles. The molecule has 0 amide bonds. The summed E-state index contributed by atoms with van der Waals surface area (Å²) in [6.07, 6.45) is 5.05. The van der Waals surface area contributed by atoms with Crippen LogP contribution in [0.15, 0.2) is 17.2 Å². The Morgan fingerprint density at radius 2 is 2.56 bits per heavy atom. The van der Waals surface area contributed by atoms with E-state index in [9.17, 15) is 0 Å². The lowest BCUT2D eigenvalue weighted by atomic mass is 9.93. The molecule has 2 rings (SSSR count). The lowest BCUT2D eigenvalue weighted by Gasteiger charge is -2.22. The maximum Gasteiger partial charge on any atom is 0.259 e. The van der Waals surface area contributed by atoms with E-state index in [-0.39, 0.29) is 6.04 Å². The Morgan fingerprint density at radius 3 is 3.31 bits per heavy atom. The highest BCUT2D eigenvalue weighted by Crippen LogP contribution is 2.36. The number of nitrogens with zero attached hydrogens (tertiary/aromatic N) is 1.